The Hall–Kier alpha value is -3.07. The average Bonchev–Trinajstić information content (AvgIpc) is 2.92. The molecule has 0 aliphatic heterocycles. The predicted molar refractivity (Wildman–Crippen MR) is 157 cm³/mol. The third-order valence-electron chi connectivity index (χ3n) is 6.22. The first kappa shape index (κ1) is 30.5. The highest BCUT2D eigenvalue weighted by atomic mass is 35.5. The van der Waals surface area contributed by atoms with Crippen molar-refractivity contribution in [1.82, 2.24) is 10.2 Å². The van der Waals surface area contributed by atoms with Crippen molar-refractivity contribution in [1.29, 1.82) is 0 Å². The van der Waals surface area contributed by atoms with E-state index in [1.165, 1.54) is 35.2 Å². The second-order valence-corrected chi connectivity index (χ2v) is 12.0. The lowest BCUT2D eigenvalue weighted by atomic mass is 10.1. The molecule has 1 N–H and O–H groups in total. The topological polar surface area (TPSA) is 86.8 Å². The molecule has 0 saturated heterocycles. The van der Waals surface area contributed by atoms with Crippen molar-refractivity contribution in [2.75, 3.05) is 17.4 Å². The van der Waals surface area contributed by atoms with Gasteiger partial charge in [-0.2, -0.15) is 0 Å². The molecule has 3 aromatic carbocycles. The quantitative estimate of drug-likeness (QED) is 0.269. The van der Waals surface area contributed by atoms with Crippen LogP contribution >= 0.6 is 23.2 Å². The third-order valence-corrected chi connectivity index (χ3v) is 8.55. The molecule has 0 saturated carbocycles. The number of nitrogens with one attached hydrogen (secondary N) is 1. The fraction of sp³-hybridized carbons (Fsp3) is 0.310. The van der Waals surface area contributed by atoms with Crippen molar-refractivity contribution in [3.05, 3.63) is 94.0 Å². The minimum absolute atomic E-state index is 0.00978. The molecule has 0 unspecified atom stereocenters. The SMILES string of the molecule is CCCCNC(=O)[C@@H](C)N(Cc1cccc(C)c1)C(=O)CN(c1cc(Cl)ccc1Cl)S(=O)(=O)c1ccccc1. The maximum absolute atomic E-state index is 13.9. The van der Waals surface area contributed by atoms with E-state index in [1.807, 2.05) is 38.1 Å². The molecule has 208 valence electrons. The van der Waals surface area contributed by atoms with Crippen LogP contribution in [-0.2, 0) is 26.2 Å². The predicted octanol–water partition coefficient (Wildman–Crippen LogP) is 5.83. The van der Waals surface area contributed by atoms with Gasteiger partial charge in [-0.3, -0.25) is 13.9 Å². The van der Waals surface area contributed by atoms with Crippen molar-refractivity contribution in [3.63, 3.8) is 0 Å². The smallest absolute Gasteiger partial charge is 0.264 e. The van der Waals surface area contributed by atoms with Gasteiger partial charge in [0.15, 0.2) is 0 Å². The van der Waals surface area contributed by atoms with E-state index >= 15 is 0 Å². The van der Waals surface area contributed by atoms with E-state index in [2.05, 4.69) is 5.32 Å². The van der Waals surface area contributed by atoms with E-state index in [4.69, 9.17) is 23.2 Å². The van der Waals surface area contributed by atoms with Crippen molar-refractivity contribution >= 4 is 50.7 Å². The zero-order valence-electron chi connectivity index (χ0n) is 22.2. The Balaban J connectivity index is 2.03. The summed E-state index contributed by atoms with van der Waals surface area (Å²) < 4.78 is 28.6. The Morgan fingerprint density at radius 1 is 0.974 bits per heavy atom. The highest BCUT2D eigenvalue weighted by molar-refractivity contribution is 7.92. The van der Waals surface area contributed by atoms with Crippen LogP contribution in [0.25, 0.3) is 0 Å². The Kier molecular flexibility index (Phi) is 10.8. The van der Waals surface area contributed by atoms with Crippen LogP contribution in [0.15, 0.2) is 77.7 Å². The number of unbranched alkanes of at least 4 members (excludes halogenated alkanes) is 1. The molecule has 0 aliphatic rings. The number of nitrogens with zero attached hydrogens (tertiary/aromatic N) is 2. The van der Waals surface area contributed by atoms with Gasteiger partial charge in [-0.1, -0.05) is 84.6 Å². The molecule has 2 amide bonds. The van der Waals surface area contributed by atoms with E-state index in [1.54, 1.807) is 25.1 Å². The standard InChI is InChI=1S/C29H33Cl2N3O4S/c1-4-5-16-32-29(36)22(3)33(19-23-11-9-10-21(2)17-23)28(35)20-34(27-18-24(30)14-15-26(27)31)39(37,38)25-12-7-6-8-13-25/h6-15,17-18,22H,4-5,16,19-20H2,1-3H3,(H,32,36)/t22-/m1/s1. The zero-order valence-corrected chi connectivity index (χ0v) is 24.6. The highest BCUT2D eigenvalue weighted by Crippen LogP contribution is 2.33. The Morgan fingerprint density at radius 2 is 1.69 bits per heavy atom. The van der Waals surface area contributed by atoms with Crippen molar-refractivity contribution in [3.8, 4) is 0 Å². The van der Waals surface area contributed by atoms with E-state index < -0.39 is 28.5 Å². The summed E-state index contributed by atoms with van der Waals surface area (Å²) in [6.07, 6.45) is 1.72. The third kappa shape index (κ3) is 7.97. The monoisotopic (exact) mass is 589 g/mol. The van der Waals surface area contributed by atoms with Gasteiger partial charge in [0.25, 0.3) is 10.0 Å². The number of benzene rings is 3. The number of hydrogen-bond acceptors (Lipinski definition) is 4. The summed E-state index contributed by atoms with van der Waals surface area (Å²) in [5, 5.41) is 3.24. The number of amides is 2. The van der Waals surface area contributed by atoms with E-state index in [9.17, 15) is 18.0 Å². The molecule has 3 rings (SSSR count). The van der Waals surface area contributed by atoms with Crippen LogP contribution in [-0.4, -0.2) is 44.3 Å². The van der Waals surface area contributed by atoms with Crippen molar-refractivity contribution < 1.29 is 18.0 Å². The maximum Gasteiger partial charge on any atom is 0.264 e. The van der Waals surface area contributed by atoms with Gasteiger partial charge in [-0.05, 0) is 56.2 Å². The van der Waals surface area contributed by atoms with E-state index in [0.717, 1.165) is 28.3 Å². The van der Waals surface area contributed by atoms with Crippen LogP contribution in [0, 0.1) is 6.92 Å². The van der Waals surface area contributed by atoms with Gasteiger partial charge < -0.3 is 10.2 Å². The number of sulfonamides is 1. The lowest BCUT2D eigenvalue weighted by molar-refractivity contribution is -0.139. The molecule has 10 heteroatoms. The van der Waals surface area contributed by atoms with E-state index in [0.29, 0.717) is 6.54 Å². The second kappa shape index (κ2) is 13.8. The first-order valence-corrected chi connectivity index (χ1v) is 14.9. The summed E-state index contributed by atoms with van der Waals surface area (Å²) in [6, 6.07) is 18.9. The Morgan fingerprint density at radius 3 is 2.36 bits per heavy atom. The number of carbonyl (C=O) groups excluding carboxylic acids is 2. The molecule has 0 radical (unpaired) electrons. The van der Waals surface area contributed by atoms with Gasteiger partial charge in [0.2, 0.25) is 11.8 Å². The number of aryl methyl sites for hydroxylation is 1. The average molecular weight is 591 g/mol. The molecular formula is C29H33Cl2N3O4S. The molecule has 0 bridgehead atoms. The first-order valence-electron chi connectivity index (χ1n) is 12.7. The summed E-state index contributed by atoms with van der Waals surface area (Å²) in [4.78, 5) is 28.3. The minimum atomic E-state index is -4.22. The molecule has 0 aliphatic carbocycles. The van der Waals surface area contributed by atoms with Gasteiger partial charge in [-0.15, -0.1) is 0 Å². The molecule has 1 atom stereocenters. The van der Waals surface area contributed by atoms with Crippen LogP contribution in [0.4, 0.5) is 5.69 Å². The van der Waals surface area contributed by atoms with Crippen LogP contribution < -0.4 is 9.62 Å². The lowest BCUT2D eigenvalue weighted by Gasteiger charge is -2.32. The Labute approximate surface area is 240 Å². The minimum Gasteiger partial charge on any atom is -0.354 e. The normalized spacial score (nSPS) is 12.0. The van der Waals surface area contributed by atoms with Crippen LogP contribution in [0.3, 0.4) is 0 Å². The fourth-order valence-electron chi connectivity index (χ4n) is 4.04. The van der Waals surface area contributed by atoms with Gasteiger partial charge >= 0.3 is 0 Å². The molecule has 0 fully saturated rings. The Bertz CT molecular complexity index is 1400. The number of anilines is 1. The van der Waals surface area contributed by atoms with Crippen LogP contribution in [0.2, 0.25) is 10.0 Å². The first-order chi connectivity index (χ1) is 18.5. The van der Waals surface area contributed by atoms with Gasteiger partial charge in [0.1, 0.15) is 12.6 Å². The van der Waals surface area contributed by atoms with Crippen molar-refractivity contribution in [2.45, 2.75) is 51.1 Å². The number of halogens is 2. The fourth-order valence-corrected chi connectivity index (χ4v) is 5.92. The molecular weight excluding hydrogens is 557 g/mol. The van der Waals surface area contributed by atoms with E-state index in [-0.39, 0.29) is 33.1 Å². The van der Waals surface area contributed by atoms with Crippen LogP contribution in [0.1, 0.15) is 37.8 Å². The van der Waals surface area contributed by atoms with Gasteiger partial charge in [0, 0.05) is 18.1 Å². The summed E-state index contributed by atoms with van der Waals surface area (Å²) in [5.74, 6) is -0.882. The summed E-state index contributed by atoms with van der Waals surface area (Å²) in [7, 11) is -4.22. The number of carbonyl (C=O) groups is 2. The zero-order chi connectivity index (χ0) is 28.6. The largest absolute Gasteiger partial charge is 0.354 e. The molecule has 7 nitrogen and oxygen atoms in total. The lowest BCUT2D eigenvalue weighted by Crippen LogP contribution is -2.51. The highest BCUT2D eigenvalue weighted by Gasteiger charge is 2.33. The molecule has 0 aromatic heterocycles. The molecule has 39 heavy (non-hydrogen) atoms. The summed E-state index contributed by atoms with van der Waals surface area (Å²) >= 11 is 12.6. The second-order valence-electron chi connectivity index (χ2n) is 9.25. The summed E-state index contributed by atoms with van der Waals surface area (Å²) in [5.41, 5.74) is 1.88. The van der Waals surface area contributed by atoms with Crippen molar-refractivity contribution in [2.24, 2.45) is 0 Å². The number of hydrogen-bond donors (Lipinski definition) is 1. The number of rotatable bonds is 12. The van der Waals surface area contributed by atoms with Gasteiger partial charge in [-0.25, -0.2) is 8.42 Å². The molecule has 0 spiro atoms. The molecule has 3 aromatic rings. The molecule has 0 heterocycles. The van der Waals surface area contributed by atoms with Gasteiger partial charge in [0.05, 0.1) is 15.6 Å². The van der Waals surface area contributed by atoms with Crippen LogP contribution in [0.5, 0.6) is 0 Å². The summed E-state index contributed by atoms with van der Waals surface area (Å²) in [6.45, 7) is 5.61. The maximum atomic E-state index is 13.9.